The molecule has 1 aromatic heterocycles. The summed E-state index contributed by atoms with van der Waals surface area (Å²) in [7, 11) is 0. The fraction of sp³-hybridized carbons (Fsp3) is 0.425. The fourth-order valence-electron chi connectivity index (χ4n) is 6.63. The van der Waals surface area contributed by atoms with E-state index in [0.717, 1.165) is 5.56 Å². The topological polar surface area (TPSA) is 341 Å². The van der Waals surface area contributed by atoms with E-state index in [1.54, 1.807) is 54.6 Å². The number of rotatable bonds is 23. The number of hydrogen-bond acceptors (Lipinski definition) is 10. The van der Waals surface area contributed by atoms with Gasteiger partial charge in [-0.2, -0.15) is 0 Å². The van der Waals surface area contributed by atoms with Crippen LogP contribution in [0.5, 0.6) is 0 Å². The first-order valence-corrected chi connectivity index (χ1v) is 19.8. The number of nitrogens with zero attached hydrogens (tertiary/aromatic N) is 4. The van der Waals surface area contributed by atoms with Gasteiger partial charge in [0.25, 0.3) is 0 Å². The Balaban J connectivity index is 1.52. The monoisotopic (exact) mass is 845 g/mol. The van der Waals surface area contributed by atoms with Gasteiger partial charge in [-0.1, -0.05) is 60.7 Å². The molecule has 4 rings (SSSR count). The highest BCUT2D eigenvalue weighted by Crippen LogP contribution is 2.21. The minimum Gasteiger partial charge on any atom is -0.480 e. The lowest BCUT2D eigenvalue weighted by molar-refractivity contribution is -0.143. The van der Waals surface area contributed by atoms with Gasteiger partial charge < -0.3 is 63.9 Å². The second-order valence-electron chi connectivity index (χ2n) is 14.3. The Kier molecular flexibility index (Phi) is 18.3. The lowest BCUT2D eigenvalue weighted by Gasteiger charge is -2.31. The first-order valence-electron chi connectivity index (χ1n) is 19.8. The van der Waals surface area contributed by atoms with Crippen molar-refractivity contribution in [1.82, 2.24) is 36.1 Å². The van der Waals surface area contributed by atoms with Gasteiger partial charge in [-0.3, -0.25) is 29.2 Å². The molecule has 1 aliphatic rings. The van der Waals surface area contributed by atoms with Crippen molar-refractivity contribution in [3.8, 4) is 0 Å². The van der Waals surface area contributed by atoms with Gasteiger partial charge in [-0.25, -0.2) is 14.6 Å². The molecule has 1 fully saturated rings. The maximum absolute atomic E-state index is 14.4. The number of alkyl carbamates (subject to hydrolysis) is 1. The quantitative estimate of drug-likeness (QED) is 0.0316. The third kappa shape index (κ3) is 15.8. The van der Waals surface area contributed by atoms with E-state index in [2.05, 4.69) is 41.2 Å². The molecule has 5 amide bonds. The molecule has 14 N–H and O–H groups in total. The Bertz CT molecular complexity index is 1960. The van der Waals surface area contributed by atoms with E-state index in [0.29, 0.717) is 17.7 Å². The van der Waals surface area contributed by atoms with Gasteiger partial charge in [0.2, 0.25) is 23.6 Å². The molecule has 328 valence electrons. The molecular formula is C40H55N13O8. The number of benzene rings is 2. The maximum atomic E-state index is 14.4. The summed E-state index contributed by atoms with van der Waals surface area (Å²) in [5, 5.41) is 20.5. The third-order valence-electron chi connectivity index (χ3n) is 9.67. The minimum absolute atomic E-state index is 0.0182. The molecule has 1 saturated heterocycles. The standard InChI is InChI=1S/C40H55N13O8/c41-38(42)46-17-7-14-28(52-40(60)61-23-26-12-5-2-6-13-26)33(54)49-29(15-8-18-47-39(43)44)36(57)53-19-9-16-32(53)35(56)50-30(20-25-10-3-1-4-11-25)34(55)51-31(37(58)59)21-27-22-45-24-48-27/h1-6,10-13,22,24,28-32H,7-9,14-21,23H2,(H,45,48)(H,49,54)(H,50,56)(H,51,55)(H,52,60)(H,58,59)(H4,41,42,46)(H4,43,44,47)/t28-,29-,30-,31-,32-/m0/s1. The molecule has 2 heterocycles. The molecular weight excluding hydrogens is 791 g/mol. The van der Waals surface area contributed by atoms with Crippen LogP contribution in [0.4, 0.5) is 4.79 Å². The molecule has 61 heavy (non-hydrogen) atoms. The summed E-state index contributed by atoms with van der Waals surface area (Å²) in [5.41, 5.74) is 23.8. The lowest BCUT2D eigenvalue weighted by atomic mass is 10.0. The highest BCUT2D eigenvalue weighted by molar-refractivity contribution is 5.96. The zero-order chi connectivity index (χ0) is 44.1. The number of guanidine groups is 2. The van der Waals surface area contributed by atoms with E-state index in [1.165, 1.54) is 17.4 Å². The average molecular weight is 846 g/mol. The van der Waals surface area contributed by atoms with Crippen LogP contribution in [0.3, 0.4) is 0 Å². The molecule has 5 atom stereocenters. The number of amides is 5. The molecule has 0 aliphatic carbocycles. The van der Waals surface area contributed by atoms with E-state index in [-0.39, 0.29) is 83.1 Å². The van der Waals surface area contributed by atoms with Gasteiger partial charge >= 0.3 is 12.1 Å². The van der Waals surface area contributed by atoms with Crippen LogP contribution in [-0.2, 0) is 48.2 Å². The van der Waals surface area contributed by atoms with Gasteiger partial charge in [-0.05, 0) is 49.7 Å². The van der Waals surface area contributed by atoms with Crippen molar-refractivity contribution >= 4 is 47.6 Å². The Morgan fingerprint density at radius 1 is 0.770 bits per heavy atom. The number of aromatic amines is 1. The number of carboxylic acids is 1. The Morgan fingerprint density at radius 3 is 1.95 bits per heavy atom. The molecule has 1 aliphatic heterocycles. The number of likely N-dealkylation sites (tertiary alicyclic amines) is 1. The predicted molar refractivity (Wildman–Crippen MR) is 224 cm³/mol. The van der Waals surface area contributed by atoms with Gasteiger partial charge in [0.15, 0.2) is 11.9 Å². The van der Waals surface area contributed by atoms with Gasteiger partial charge in [-0.15, -0.1) is 0 Å². The summed E-state index contributed by atoms with van der Waals surface area (Å²) >= 11 is 0. The Morgan fingerprint density at radius 2 is 1.36 bits per heavy atom. The SMILES string of the molecule is NC(N)=NCCC[C@H](NC(=O)OCc1ccccc1)C(=O)N[C@@H](CCCN=C(N)N)C(=O)N1CCC[C@H]1C(=O)N[C@@H](Cc1ccccc1)C(=O)N[C@@H](Cc1cnc[nH]1)C(=O)O. The first kappa shape index (κ1) is 46.5. The van der Waals surface area contributed by atoms with Crippen LogP contribution in [0.1, 0.15) is 55.3 Å². The number of nitrogens with one attached hydrogen (secondary N) is 5. The summed E-state index contributed by atoms with van der Waals surface area (Å²) in [6.45, 7) is 0.386. The summed E-state index contributed by atoms with van der Waals surface area (Å²) in [6, 6.07) is 11.8. The second kappa shape index (κ2) is 24.0. The van der Waals surface area contributed by atoms with Crippen molar-refractivity contribution in [1.29, 1.82) is 0 Å². The third-order valence-corrected chi connectivity index (χ3v) is 9.67. The van der Waals surface area contributed by atoms with Crippen LogP contribution < -0.4 is 44.2 Å². The lowest BCUT2D eigenvalue weighted by Crippen LogP contribution is -2.59. The van der Waals surface area contributed by atoms with Crippen LogP contribution >= 0.6 is 0 Å². The smallest absolute Gasteiger partial charge is 0.408 e. The molecule has 21 nitrogen and oxygen atoms in total. The summed E-state index contributed by atoms with van der Waals surface area (Å²) in [4.78, 5) is 97.1. The molecule has 3 aromatic rings. The van der Waals surface area contributed by atoms with Gasteiger partial charge in [0.1, 0.15) is 36.8 Å². The number of aliphatic carboxylic acids is 1. The number of carbonyl (C=O) groups excluding carboxylic acids is 5. The number of ether oxygens (including phenoxy) is 1. The van der Waals surface area contributed by atoms with Crippen molar-refractivity contribution < 1.29 is 38.6 Å². The highest BCUT2D eigenvalue weighted by atomic mass is 16.5. The maximum Gasteiger partial charge on any atom is 0.408 e. The average Bonchev–Trinajstić information content (AvgIpc) is 3.95. The van der Waals surface area contributed by atoms with Crippen molar-refractivity contribution in [2.45, 2.75) is 88.2 Å². The van der Waals surface area contributed by atoms with E-state index in [1.807, 2.05) is 6.07 Å². The van der Waals surface area contributed by atoms with Crippen LogP contribution in [-0.4, -0.2) is 117 Å². The number of carboxylic acid groups (broad SMARTS) is 1. The van der Waals surface area contributed by atoms with E-state index in [4.69, 9.17) is 27.7 Å². The number of hydrogen-bond donors (Lipinski definition) is 10. The zero-order valence-electron chi connectivity index (χ0n) is 33.7. The molecule has 0 unspecified atom stereocenters. The Labute approximate surface area is 352 Å². The number of imidazole rings is 1. The molecule has 0 spiro atoms. The van der Waals surface area contributed by atoms with Crippen LogP contribution in [0.2, 0.25) is 0 Å². The summed E-state index contributed by atoms with van der Waals surface area (Å²) in [5.74, 6) is -4.27. The van der Waals surface area contributed by atoms with Crippen LogP contribution in [0.15, 0.2) is 83.2 Å². The van der Waals surface area contributed by atoms with Crippen LogP contribution in [0.25, 0.3) is 0 Å². The van der Waals surface area contributed by atoms with Gasteiger partial charge in [0, 0.05) is 44.4 Å². The summed E-state index contributed by atoms with van der Waals surface area (Å²) in [6.07, 6.45) is 3.22. The first-order chi connectivity index (χ1) is 29.3. The van der Waals surface area contributed by atoms with Crippen molar-refractivity contribution in [3.05, 3.63) is 90.0 Å². The molecule has 2 aromatic carbocycles. The van der Waals surface area contributed by atoms with E-state index >= 15 is 0 Å². The highest BCUT2D eigenvalue weighted by Gasteiger charge is 2.40. The molecule has 0 bridgehead atoms. The zero-order valence-corrected chi connectivity index (χ0v) is 33.7. The number of carbonyl (C=O) groups is 6. The van der Waals surface area contributed by atoms with Gasteiger partial charge in [0.05, 0.1) is 6.33 Å². The van der Waals surface area contributed by atoms with Crippen LogP contribution in [0, 0.1) is 0 Å². The molecule has 0 radical (unpaired) electrons. The van der Waals surface area contributed by atoms with E-state index < -0.39 is 65.9 Å². The minimum atomic E-state index is -1.34. The summed E-state index contributed by atoms with van der Waals surface area (Å²) < 4.78 is 5.35. The van der Waals surface area contributed by atoms with Crippen molar-refractivity contribution in [2.75, 3.05) is 19.6 Å². The number of H-pyrrole nitrogens is 1. The molecule has 21 heteroatoms. The number of nitrogens with two attached hydrogens (primary N) is 4. The number of aromatic nitrogens is 2. The Hall–Kier alpha value is -7.19. The second-order valence-corrected chi connectivity index (χ2v) is 14.3. The number of aliphatic imine (C=N–C) groups is 2. The van der Waals surface area contributed by atoms with Crippen molar-refractivity contribution in [2.24, 2.45) is 32.9 Å². The fourth-order valence-corrected chi connectivity index (χ4v) is 6.63. The molecule has 0 saturated carbocycles. The van der Waals surface area contributed by atoms with Crippen molar-refractivity contribution in [3.63, 3.8) is 0 Å². The van der Waals surface area contributed by atoms with E-state index in [9.17, 15) is 33.9 Å². The predicted octanol–water partition coefficient (Wildman–Crippen LogP) is -0.873. The largest absolute Gasteiger partial charge is 0.480 e. The normalized spacial score (nSPS) is 15.2.